The fourth-order valence-corrected chi connectivity index (χ4v) is 1.75. The van der Waals surface area contributed by atoms with Crippen LogP contribution in [0.4, 0.5) is 5.69 Å². The van der Waals surface area contributed by atoms with Gasteiger partial charge in [-0.15, -0.1) is 0 Å². The number of carbonyl (C=O) groups excluding carboxylic acids is 1. The second-order valence-corrected chi connectivity index (χ2v) is 5.00. The first kappa shape index (κ1) is 12.5. The van der Waals surface area contributed by atoms with E-state index < -0.39 is 0 Å². The third kappa shape index (κ3) is 2.32. The van der Waals surface area contributed by atoms with E-state index in [1.807, 2.05) is 31.2 Å². The molecule has 0 saturated heterocycles. The van der Waals surface area contributed by atoms with Gasteiger partial charge in [0.25, 0.3) is 5.91 Å². The molecule has 0 saturated carbocycles. The number of fused-ring (bicyclic) bond motifs is 1. The molecule has 0 spiro atoms. The lowest BCUT2D eigenvalue weighted by Gasteiger charge is -2.16. The molecule has 1 amide bonds. The minimum Gasteiger partial charge on any atom is -0.397 e. The van der Waals surface area contributed by atoms with Crippen molar-refractivity contribution in [1.29, 1.82) is 0 Å². The zero-order chi connectivity index (χ0) is 13.3. The maximum Gasteiger partial charge on any atom is 0.267 e. The zero-order valence-corrected chi connectivity index (χ0v) is 10.9. The van der Waals surface area contributed by atoms with Gasteiger partial charge in [0.1, 0.15) is 5.69 Å². The lowest BCUT2D eigenvalue weighted by atomic mass is 10.1. The maximum absolute atomic E-state index is 12.1. The summed E-state index contributed by atoms with van der Waals surface area (Å²) in [6.45, 7) is 6.15. The highest BCUT2D eigenvalue weighted by Crippen LogP contribution is 2.21. The highest BCUT2D eigenvalue weighted by Gasteiger charge is 2.14. The quantitative estimate of drug-likeness (QED) is 0.727. The van der Waals surface area contributed by atoms with E-state index in [-0.39, 0.29) is 11.9 Å². The molecule has 4 nitrogen and oxygen atoms in total. The van der Waals surface area contributed by atoms with E-state index >= 15 is 0 Å². The van der Waals surface area contributed by atoms with Crippen LogP contribution in [-0.2, 0) is 0 Å². The Balaban J connectivity index is 2.26. The molecule has 1 heterocycles. The zero-order valence-electron chi connectivity index (χ0n) is 10.9. The Hall–Kier alpha value is -1.97. The van der Waals surface area contributed by atoms with E-state index in [9.17, 15) is 4.79 Å². The van der Waals surface area contributed by atoms with Gasteiger partial charge in [0.2, 0.25) is 0 Å². The van der Waals surface area contributed by atoms with E-state index in [1.165, 1.54) is 0 Å². The normalized spacial score (nSPS) is 12.9. The molecule has 0 bridgehead atoms. The van der Waals surface area contributed by atoms with Crippen molar-refractivity contribution in [3.8, 4) is 0 Å². The molecule has 1 atom stereocenters. The van der Waals surface area contributed by atoms with Crippen LogP contribution in [0.3, 0.4) is 0 Å². The number of hydrogen-bond donors (Lipinski definition) is 3. The second-order valence-electron chi connectivity index (χ2n) is 5.00. The van der Waals surface area contributed by atoms with Gasteiger partial charge >= 0.3 is 0 Å². The summed E-state index contributed by atoms with van der Waals surface area (Å²) in [7, 11) is 0. The first-order valence-corrected chi connectivity index (χ1v) is 6.17. The Morgan fingerprint density at radius 2 is 2.06 bits per heavy atom. The number of carbonyl (C=O) groups is 1. The van der Waals surface area contributed by atoms with Crippen LogP contribution in [0.2, 0.25) is 0 Å². The molecule has 1 unspecified atom stereocenters. The number of para-hydroxylation sites is 1. The molecule has 4 heteroatoms. The monoisotopic (exact) mass is 245 g/mol. The van der Waals surface area contributed by atoms with Crippen LogP contribution in [0.25, 0.3) is 10.9 Å². The summed E-state index contributed by atoms with van der Waals surface area (Å²) in [6, 6.07) is 7.60. The van der Waals surface area contributed by atoms with Crippen LogP contribution in [-0.4, -0.2) is 16.9 Å². The summed E-state index contributed by atoms with van der Waals surface area (Å²) in [5.41, 5.74) is 7.88. The van der Waals surface area contributed by atoms with E-state index in [4.69, 9.17) is 5.73 Å². The van der Waals surface area contributed by atoms with Crippen LogP contribution in [0.1, 0.15) is 31.3 Å². The van der Waals surface area contributed by atoms with Gasteiger partial charge in [0.05, 0.1) is 11.2 Å². The van der Waals surface area contributed by atoms with Gasteiger partial charge in [0, 0.05) is 11.4 Å². The molecular weight excluding hydrogens is 226 g/mol. The minimum atomic E-state index is -0.0909. The Kier molecular flexibility index (Phi) is 3.28. The number of amides is 1. The van der Waals surface area contributed by atoms with Crippen LogP contribution in [0.5, 0.6) is 0 Å². The summed E-state index contributed by atoms with van der Waals surface area (Å²) in [5, 5.41) is 3.92. The molecule has 2 rings (SSSR count). The molecule has 0 aliphatic carbocycles. The molecule has 0 aliphatic rings. The summed E-state index contributed by atoms with van der Waals surface area (Å²) < 4.78 is 0. The Morgan fingerprint density at radius 1 is 1.33 bits per heavy atom. The van der Waals surface area contributed by atoms with Gasteiger partial charge in [-0.05, 0) is 25.0 Å². The number of benzene rings is 1. The number of hydrogen-bond acceptors (Lipinski definition) is 2. The van der Waals surface area contributed by atoms with E-state index in [0.29, 0.717) is 17.3 Å². The summed E-state index contributed by atoms with van der Waals surface area (Å²) in [4.78, 5) is 15.1. The minimum absolute atomic E-state index is 0.0909. The average molecular weight is 245 g/mol. The van der Waals surface area contributed by atoms with Crippen LogP contribution >= 0.6 is 0 Å². The number of aromatic amines is 1. The Labute approximate surface area is 107 Å². The van der Waals surface area contributed by atoms with Crippen LogP contribution in [0, 0.1) is 5.92 Å². The molecular formula is C14H19N3O. The number of aromatic nitrogens is 1. The van der Waals surface area contributed by atoms with Gasteiger partial charge in [0.15, 0.2) is 0 Å². The smallest absolute Gasteiger partial charge is 0.267 e. The van der Waals surface area contributed by atoms with Gasteiger partial charge in [-0.2, -0.15) is 0 Å². The SMILES string of the molecule is CC(C)C(C)NC(=O)c1cc2cccc(N)c2[nH]1. The van der Waals surface area contributed by atoms with Gasteiger partial charge in [-0.3, -0.25) is 4.79 Å². The third-order valence-corrected chi connectivity index (χ3v) is 3.29. The molecule has 1 aromatic carbocycles. The van der Waals surface area contributed by atoms with Gasteiger partial charge in [-0.1, -0.05) is 26.0 Å². The van der Waals surface area contributed by atoms with Crippen molar-refractivity contribution >= 4 is 22.5 Å². The second kappa shape index (κ2) is 4.72. The fraction of sp³-hybridized carbons (Fsp3) is 0.357. The largest absolute Gasteiger partial charge is 0.397 e. The topological polar surface area (TPSA) is 70.9 Å². The number of nitrogens with one attached hydrogen (secondary N) is 2. The maximum atomic E-state index is 12.1. The van der Waals surface area contributed by atoms with Crippen molar-refractivity contribution in [2.75, 3.05) is 5.73 Å². The lowest BCUT2D eigenvalue weighted by molar-refractivity contribution is 0.0926. The lowest BCUT2D eigenvalue weighted by Crippen LogP contribution is -2.36. The highest BCUT2D eigenvalue weighted by atomic mass is 16.1. The Morgan fingerprint density at radius 3 is 2.67 bits per heavy atom. The number of H-pyrrole nitrogens is 1. The van der Waals surface area contributed by atoms with Gasteiger partial charge in [-0.25, -0.2) is 0 Å². The third-order valence-electron chi connectivity index (χ3n) is 3.29. The molecule has 96 valence electrons. The number of nitrogen functional groups attached to an aromatic ring is 1. The standard InChI is InChI=1S/C14H19N3O/c1-8(2)9(3)16-14(18)12-7-10-5-4-6-11(15)13(10)17-12/h4-9,17H,15H2,1-3H3,(H,16,18). The predicted molar refractivity (Wildman–Crippen MR) is 74.5 cm³/mol. The molecule has 2 aromatic rings. The first-order valence-electron chi connectivity index (χ1n) is 6.17. The molecule has 0 radical (unpaired) electrons. The van der Waals surface area contributed by atoms with Crippen molar-refractivity contribution in [3.05, 3.63) is 30.0 Å². The summed E-state index contributed by atoms with van der Waals surface area (Å²) in [6.07, 6.45) is 0. The molecule has 18 heavy (non-hydrogen) atoms. The van der Waals surface area contributed by atoms with E-state index in [1.54, 1.807) is 0 Å². The predicted octanol–water partition coefficient (Wildman–Crippen LogP) is 2.52. The van der Waals surface area contributed by atoms with Crippen molar-refractivity contribution in [2.45, 2.75) is 26.8 Å². The van der Waals surface area contributed by atoms with E-state index in [0.717, 1.165) is 10.9 Å². The average Bonchev–Trinajstić information content (AvgIpc) is 2.74. The molecule has 4 N–H and O–H groups in total. The first-order chi connectivity index (χ1) is 8.49. The van der Waals surface area contributed by atoms with Crippen LogP contribution in [0.15, 0.2) is 24.3 Å². The van der Waals surface area contributed by atoms with Crippen molar-refractivity contribution in [3.63, 3.8) is 0 Å². The van der Waals surface area contributed by atoms with Crippen molar-refractivity contribution in [2.24, 2.45) is 5.92 Å². The van der Waals surface area contributed by atoms with E-state index in [2.05, 4.69) is 24.1 Å². The fourth-order valence-electron chi connectivity index (χ4n) is 1.75. The van der Waals surface area contributed by atoms with Crippen molar-refractivity contribution < 1.29 is 4.79 Å². The number of nitrogens with two attached hydrogens (primary N) is 1. The van der Waals surface area contributed by atoms with Crippen LogP contribution < -0.4 is 11.1 Å². The molecule has 0 fully saturated rings. The number of anilines is 1. The summed E-state index contributed by atoms with van der Waals surface area (Å²) >= 11 is 0. The summed E-state index contributed by atoms with van der Waals surface area (Å²) in [5.74, 6) is 0.315. The van der Waals surface area contributed by atoms with Gasteiger partial charge < -0.3 is 16.0 Å². The Bertz CT molecular complexity index is 571. The number of rotatable bonds is 3. The van der Waals surface area contributed by atoms with Crippen molar-refractivity contribution in [1.82, 2.24) is 10.3 Å². The molecule has 0 aliphatic heterocycles. The molecule has 1 aromatic heterocycles. The highest BCUT2D eigenvalue weighted by molar-refractivity contribution is 6.00.